The molecule has 0 radical (unpaired) electrons. The highest BCUT2D eigenvalue weighted by molar-refractivity contribution is 5.94. The average molecular weight is 610 g/mol. The minimum absolute atomic E-state index is 0.0883. The Labute approximate surface area is 269 Å². The van der Waals surface area contributed by atoms with Gasteiger partial charge in [-0.25, -0.2) is 4.79 Å². The molecule has 1 aliphatic rings. The molecule has 0 aliphatic heterocycles. The zero-order chi connectivity index (χ0) is 33.3. The van der Waals surface area contributed by atoms with E-state index in [2.05, 4.69) is 51.2 Å². The number of para-hydroxylation sites is 1. The van der Waals surface area contributed by atoms with E-state index in [0.29, 0.717) is 28.3 Å². The Morgan fingerprint density at radius 1 is 1.07 bits per heavy atom. The summed E-state index contributed by atoms with van der Waals surface area (Å²) in [4.78, 5) is 25.1. The van der Waals surface area contributed by atoms with Crippen LogP contribution >= 0.6 is 0 Å². The Balaban J connectivity index is 0.00000271. The fourth-order valence-corrected chi connectivity index (χ4v) is 5.82. The molecular weight excluding hydrogens is 558 g/mol. The number of hydrogen-bond acceptors (Lipinski definition) is 4. The average Bonchev–Trinajstić information content (AvgIpc) is 3.20. The number of allylic oxidation sites excluding steroid dienone is 8. The number of nitrogens with one attached hydrogen (secondary N) is 1. The summed E-state index contributed by atoms with van der Waals surface area (Å²) >= 11 is 0. The first-order chi connectivity index (χ1) is 21.5. The number of fused-ring (bicyclic) bond motifs is 1. The molecule has 5 heteroatoms. The summed E-state index contributed by atoms with van der Waals surface area (Å²) in [6, 6.07) is 12.0. The van der Waals surface area contributed by atoms with E-state index in [4.69, 9.17) is 4.42 Å². The van der Waals surface area contributed by atoms with Gasteiger partial charge in [-0.1, -0.05) is 80.8 Å². The van der Waals surface area contributed by atoms with Crippen molar-refractivity contribution in [1.82, 2.24) is 0 Å². The van der Waals surface area contributed by atoms with Crippen LogP contribution in [0.4, 0.5) is 5.69 Å². The Bertz CT molecular complexity index is 1700. The molecular formula is C40H51NO4. The van der Waals surface area contributed by atoms with Gasteiger partial charge in [0, 0.05) is 17.3 Å². The van der Waals surface area contributed by atoms with Crippen LogP contribution in [0.15, 0.2) is 92.2 Å². The number of hydrogen-bond donors (Lipinski definition) is 2. The molecule has 2 aromatic carbocycles. The predicted molar refractivity (Wildman–Crippen MR) is 190 cm³/mol. The first-order valence-corrected chi connectivity index (χ1v) is 16.4. The maximum Gasteiger partial charge on any atom is 0.337 e. The Kier molecular flexibility index (Phi) is 12.8. The van der Waals surface area contributed by atoms with Crippen LogP contribution in [0.3, 0.4) is 0 Å². The molecule has 2 unspecified atom stereocenters. The molecule has 240 valence electrons. The van der Waals surface area contributed by atoms with Gasteiger partial charge in [-0.2, -0.15) is 0 Å². The van der Waals surface area contributed by atoms with Gasteiger partial charge in [0.25, 0.3) is 0 Å². The summed E-state index contributed by atoms with van der Waals surface area (Å²) in [5.74, 6) is -0.0833. The summed E-state index contributed by atoms with van der Waals surface area (Å²) in [5.41, 5.74) is 9.49. The molecule has 45 heavy (non-hydrogen) atoms. The molecule has 0 amide bonds. The first kappa shape index (κ1) is 35.4. The molecule has 0 spiro atoms. The number of carbonyl (C=O) groups is 1. The van der Waals surface area contributed by atoms with Crippen LogP contribution in [-0.4, -0.2) is 11.1 Å². The van der Waals surface area contributed by atoms with Crippen molar-refractivity contribution in [3.8, 4) is 0 Å². The molecule has 5 nitrogen and oxygen atoms in total. The van der Waals surface area contributed by atoms with Crippen LogP contribution in [-0.2, 0) is 0 Å². The third-order valence-corrected chi connectivity index (χ3v) is 8.51. The van der Waals surface area contributed by atoms with Crippen LogP contribution in [0.2, 0.25) is 0 Å². The molecule has 2 N–H and O–H groups in total. The van der Waals surface area contributed by atoms with Crippen molar-refractivity contribution in [2.45, 2.75) is 100 Å². The third kappa shape index (κ3) is 8.97. The van der Waals surface area contributed by atoms with Crippen molar-refractivity contribution in [3.05, 3.63) is 116 Å². The number of benzene rings is 2. The second kappa shape index (κ2) is 16.3. The maximum absolute atomic E-state index is 13.4. The number of anilines is 1. The van der Waals surface area contributed by atoms with E-state index < -0.39 is 5.97 Å². The molecule has 0 fully saturated rings. The molecule has 1 heterocycles. The van der Waals surface area contributed by atoms with Crippen LogP contribution in [0, 0.1) is 12.8 Å². The quantitative estimate of drug-likeness (QED) is 0.239. The van der Waals surface area contributed by atoms with Crippen molar-refractivity contribution < 1.29 is 14.3 Å². The predicted octanol–water partition coefficient (Wildman–Crippen LogP) is 11.2. The molecule has 2 atom stereocenters. The summed E-state index contributed by atoms with van der Waals surface area (Å²) in [7, 11) is 0. The van der Waals surface area contributed by atoms with Gasteiger partial charge >= 0.3 is 5.97 Å². The van der Waals surface area contributed by atoms with E-state index in [9.17, 15) is 14.7 Å². The number of carboxylic acids is 1. The minimum Gasteiger partial charge on any atom is -0.478 e. The first-order valence-electron chi connectivity index (χ1n) is 16.4. The van der Waals surface area contributed by atoms with E-state index in [-0.39, 0.29) is 17.0 Å². The largest absolute Gasteiger partial charge is 0.478 e. The van der Waals surface area contributed by atoms with E-state index >= 15 is 0 Å². The van der Waals surface area contributed by atoms with Crippen molar-refractivity contribution >= 4 is 28.2 Å². The lowest BCUT2D eigenvalue weighted by atomic mass is 9.88. The fraction of sp³-hybridized carbons (Fsp3) is 0.400. The van der Waals surface area contributed by atoms with E-state index in [1.165, 1.54) is 22.3 Å². The van der Waals surface area contributed by atoms with Crippen LogP contribution in [0.25, 0.3) is 16.5 Å². The Morgan fingerprint density at radius 2 is 1.78 bits per heavy atom. The smallest absolute Gasteiger partial charge is 0.337 e. The summed E-state index contributed by atoms with van der Waals surface area (Å²) in [6.45, 7) is 18.8. The van der Waals surface area contributed by atoms with E-state index in [0.717, 1.165) is 48.8 Å². The van der Waals surface area contributed by atoms with E-state index in [1.807, 2.05) is 46.8 Å². The minimum atomic E-state index is -0.998. The zero-order valence-electron chi connectivity index (χ0n) is 28.6. The normalized spacial score (nSPS) is 15.5. The Morgan fingerprint density at radius 3 is 2.47 bits per heavy atom. The van der Waals surface area contributed by atoms with Crippen LogP contribution < -0.4 is 10.7 Å². The summed E-state index contributed by atoms with van der Waals surface area (Å²) < 4.78 is 6.47. The molecule has 0 bridgehead atoms. The van der Waals surface area contributed by atoms with E-state index in [1.54, 1.807) is 30.3 Å². The van der Waals surface area contributed by atoms with Crippen molar-refractivity contribution in [2.24, 2.45) is 5.92 Å². The van der Waals surface area contributed by atoms with Gasteiger partial charge in [-0.05, 0) is 108 Å². The number of carboxylic acid groups (broad SMARTS) is 1. The van der Waals surface area contributed by atoms with Crippen molar-refractivity contribution in [2.75, 3.05) is 5.32 Å². The second-order valence-electron chi connectivity index (χ2n) is 12.1. The second-order valence-corrected chi connectivity index (χ2v) is 12.1. The SMILES string of the molecule is CC.CC/C(C)=C\C1=C(C(C)C/C=C(/C)c2cc(=O)c3cc(C)cc(C(C)Nc4ccccc4C(=O)O)c3o2)CCCC(C)=C1. The Hall–Kier alpha value is -4.12. The van der Waals surface area contributed by atoms with Gasteiger partial charge in [0.15, 0.2) is 5.43 Å². The van der Waals surface area contributed by atoms with Gasteiger partial charge in [0.1, 0.15) is 11.3 Å². The highest BCUT2D eigenvalue weighted by Crippen LogP contribution is 2.33. The van der Waals surface area contributed by atoms with Gasteiger partial charge in [0.05, 0.1) is 17.0 Å². The number of aryl methyl sites for hydroxylation is 1. The molecule has 1 aliphatic carbocycles. The summed E-state index contributed by atoms with van der Waals surface area (Å²) in [6.07, 6.45) is 12.2. The topological polar surface area (TPSA) is 79.5 Å². The summed E-state index contributed by atoms with van der Waals surface area (Å²) in [5, 5.41) is 13.5. The van der Waals surface area contributed by atoms with Crippen LogP contribution in [0.1, 0.15) is 121 Å². The van der Waals surface area contributed by atoms with Crippen LogP contribution in [0.5, 0.6) is 0 Å². The highest BCUT2D eigenvalue weighted by atomic mass is 16.4. The standard InChI is InChI=1S/C38H45NO4.C2H6/c1-8-23(2)18-29-19-24(3)12-11-14-30(29)26(5)16-17-27(6)36-22-35(40)33-21-25(4)20-32(37(33)43-36)28(7)39-34-15-10-9-13-31(34)38(41)42;1-2/h9-10,13,15,17-22,26,28,39H,8,11-12,14,16H2,1-7H3,(H,41,42);1-2H3/b23-18-,27-17-;. The number of rotatable bonds is 10. The molecule has 0 saturated heterocycles. The van der Waals surface area contributed by atoms with Gasteiger partial charge in [0.2, 0.25) is 0 Å². The lowest BCUT2D eigenvalue weighted by Gasteiger charge is -2.19. The third-order valence-electron chi connectivity index (χ3n) is 8.51. The molecule has 4 rings (SSSR count). The molecule has 3 aromatic rings. The lowest BCUT2D eigenvalue weighted by Crippen LogP contribution is -2.12. The van der Waals surface area contributed by atoms with Crippen molar-refractivity contribution in [1.29, 1.82) is 0 Å². The fourth-order valence-electron chi connectivity index (χ4n) is 5.82. The van der Waals surface area contributed by atoms with Gasteiger partial charge in [-0.3, -0.25) is 4.79 Å². The van der Waals surface area contributed by atoms with Gasteiger partial charge in [-0.15, -0.1) is 0 Å². The molecule has 0 saturated carbocycles. The maximum atomic E-state index is 13.4. The number of aromatic carboxylic acids is 1. The zero-order valence-corrected chi connectivity index (χ0v) is 28.6. The highest BCUT2D eigenvalue weighted by Gasteiger charge is 2.19. The van der Waals surface area contributed by atoms with Gasteiger partial charge < -0.3 is 14.8 Å². The monoisotopic (exact) mass is 609 g/mol. The molecule has 1 aromatic heterocycles. The van der Waals surface area contributed by atoms with Crippen molar-refractivity contribution in [3.63, 3.8) is 0 Å². The lowest BCUT2D eigenvalue weighted by molar-refractivity contribution is 0.0698.